The molecule has 0 unspecified atom stereocenters. The van der Waals surface area contributed by atoms with Crippen LogP contribution in [0.4, 0.5) is 10.5 Å². The summed E-state index contributed by atoms with van der Waals surface area (Å²) in [6, 6.07) is 8.63. The number of nitro groups is 1. The van der Waals surface area contributed by atoms with Gasteiger partial charge in [-0.2, -0.15) is 5.10 Å². The van der Waals surface area contributed by atoms with Crippen LogP contribution in [0, 0.1) is 10.1 Å². The Hall–Kier alpha value is -4.28. The van der Waals surface area contributed by atoms with Gasteiger partial charge in [0, 0.05) is 17.7 Å². The number of aromatic nitrogens is 2. The molecule has 0 atom stereocenters. The Labute approximate surface area is 171 Å². The first-order chi connectivity index (χ1) is 14.3. The Bertz CT molecular complexity index is 1080. The number of carbonyl (C=O) groups is 2. The van der Waals surface area contributed by atoms with Gasteiger partial charge in [0.05, 0.1) is 25.2 Å². The van der Waals surface area contributed by atoms with Crippen LogP contribution < -0.4 is 9.88 Å². The molecule has 0 aliphatic carbocycles. The van der Waals surface area contributed by atoms with Crippen LogP contribution in [0.25, 0.3) is 11.3 Å². The van der Waals surface area contributed by atoms with Gasteiger partial charge < -0.3 is 4.42 Å². The van der Waals surface area contributed by atoms with Crippen molar-refractivity contribution in [3.8, 4) is 11.3 Å². The van der Waals surface area contributed by atoms with Crippen molar-refractivity contribution in [2.24, 2.45) is 19.2 Å². The Morgan fingerprint density at radius 3 is 2.47 bits per heavy atom. The zero-order valence-corrected chi connectivity index (χ0v) is 16.3. The molecule has 3 aromatic rings. The minimum atomic E-state index is -0.589. The van der Waals surface area contributed by atoms with Crippen LogP contribution in [0.3, 0.4) is 0 Å². The fraction of sp³-hybridized carbons (Fsp3) is 0.158. The molecule has 1 fully saturated rings. The van der Waals surface area contributed by atoms with Crippen LogP contribution >= 0.6 is 0 Å². The summed E-state index contributed by atoms with van der Waals surface area (Å²) in [5.74, 6) is 0.465. The lowest BCUT2D eigenvalue weighted by Crippen LogP contribution is -2.24. The molecule has 30 heavy (non-hydrogen) atoms. The molecule has 0 radical (unpaired) electrons. The Morgan fingerprint density at radius 1 is 1.23 bits per heavy atom. The number of hydrogen-bond acceptors (Lipinski definition) is 6. The highest BCUT2D eigenvalue weighted by molar-refractivity contribution is 6.02. The van der Waals surface area contributed by atoms with E-state index in [4.69, 9.17) is 4.42 Å². The first-order valence-electron chi connectivity index (χ1n) is 8.79. The summed E-state index contributed by atoms with van der Waals surface area (Å²) in [6.07, 6.45) is 7.31. The van der Waals surface area contributed by atoms with Gasteiger partial charge in [0.1, 0.15) is 30.5 Å². The van der Waals surface area contributed by atoms with E-state index in [1.807, 2.05) is 42.0 Å². The molecule has 0 bridgehead atoms. The summed E-state index contributed by atoms with van der Waals surface area (Å²) in [7, 11) is 4.00. The highest BCUT2D eigenvalue weighted by Gasteiger charge is 2.26. The van der Waals surface area contributed by atoms with E-state index >= 15 is 0 Å². The van der Waals surface area contributed by atoms with Crippen LogP contribution in [0.1, 0.15) is 5.76 Å². The fourth-order valence-corrected chi connectivity index (χ4v) is 2.55. The molecule has 1 N–H and O–H groups in total. The summed E-state index contributed by atoms with van der Waals surface area (Å²) in [5.41, 5.74) is 0.663. The van der Waals surface area contributed by atoms with Gasteiger partial charge in [-0.15, -0.1) is 0 Å². The van der Waals surface area contributed by atoms with E-state index in [-0.39, 0.29) is 12.2 Å². The number of hydrogen-bond donors (Lipinski definition) is 1. The van der Waals surface area contributed by atoms with Crippen molar-refractivity contribution in [3.63, 3.8) is 0 Å². The normalized spacial score (nSPS) is 13.3. The number of nitrogens with zero attached hydrogens (tertiary/aromatic N) is 5. The predicted octanol–water partition coefficient (Wildman–Crippen LogP) is 1.59. The average molecular weight is 411 g/mol. The molecular weight excluding hydrogens is 392 g/mol. The molecule has 1 aliphatic rings. The Balaban J connectivity index is 0.000000310. The highest BCUT2D eigenvalue weighted by atomic mass is 16.6. The van der Waals surface area contributed by atoms with Crippen LogP contribution in [-0.4, -0.2) is 39.2 Å². The first-order valence-corrected chi connectivity index (χ1v) is 8.79. The standard InChI is InChI=1S/C14H10N4O5.C5H9N2/c19-13-8-17(14(20)16-13)15-7-11-5-6-12(23-11)9-1-3-10(4-2-9)18(21)22;1-6-3-4-7(2)5-6/h1-7H,8H2,(H,16,19,20);3-5H,1-2H3/q;+1. The monoisotopic (exact) mass is 411 g/mol. The van der Waals surface area contributed by atoms with Crippen molar-refractivity contribution in [2.75, 3.05) is 6.54 Å². The third-order valence-electron chi connectivity index (χ3n) is 3.99. The Morgan fingerprint density at radius 2 is 1.97 bits per heavy atom. The number of amides is 3. The third-order valence-corrected chi connectivity index (χ3v) is 3.99. The average Bonchev–Trinajstić information content (AvgIpc) is 3.41. The quantitative estimate of drug-likeness (QED) is 0.229. The van der Waals surface area contributed by atoms with Gasteiger partial charge in [0.25, 0.3) is 5.69 Å². The second-order valence-electron chi connectivity index (χ2n) is 6.41. The summed E-state index contributed by atoms with van der Waals surface area (Å²) >= 11 is 0. The van der Waals surface area contributed by atoms with Crippen LogP contribution in [0.15, 0.2) is 64.6 Å². The molecule has 1 aliphatic heterocycles. The molecule has 0 saturated carbocycles. The molecule has 11 heteroatoms. The van der Waals surface area contributed by atoms with Gasteiger partial charge in [-0.05, 0) is 24.3 Å². The molecule has 3 amide bonds. The number of imidazole rings is 1. The van der Waals surface area contributed by atoms with Crippen molar-refractivity contribution < 1.29 is 23.5 Å². The number of aryl methyl sites for hydroxylation is 2. The van der Waals surface area contributed by atoms with Crippen LogP contribution in [-0.2, 0) is 18.9 Å². The molecule has 11 nitrogen and oxygen atoms in total. The van der Waals surface area contributed by atoms with E-state index in [0.717, 1.165) is 5.01 Å². The van der Waals surface area contributed by atoms with E-state index in [1.54, 1.807) is 24.3 Å². The lowest BCUT2D eigenvalue weighted by molar-refractivity contribution is -0.670. The number of nitro benzene ring substituents is 1. The summed E-state index contributed by atoms with van der Waals surface area (Å²) in [5, 5.41) is 17.6. The largest absolute Gasteiger partial charge is 0.455 e. The number of rotatable bonds is 4. The van der Waals surface area contributed by atoms with E-state index in [9.17, 15) is 19.7 Å². The number of benzene rings is 1. The predicted molar refractivity (Wildman–Crippen MR) is 105 cm³/mol. The number of furan rings is 1. The Kier molecular flexibility index (Phi) is 6.01. The number of urea groups is 1. The van der Waals surface area contributed by atoms with Gasteiger partial charge >= 0.3 is 6.03 Å². The molecule has 154 valence electrons. The van der Waals surface area contributed by atoms with E-state index in [2.05, 4.69) is 10.4 Å². The molecule has 0 spiro atoms. The number of imide groups is 1. The van der Waals surface area contributed by atoms with Gasteiger partial charge in [-0.3, -0.25) is 20.2 Å². The van der Waals surface area contributed by atoms with Crippen LogP contribution in [0.5, 0.6) is 0 Å². The highest BCUT2D eigenvalue weighted by Crippen LogP contribution is 2.24. The minimum Gasteiger partial charge on any atom is -0.455 e. The van der Waals surface area contributed by atoms with Crippen molar-refractivity contribution in [1.82, 2.24) is 14.9 Å². The zero-order valence-electron chi connectivity index (χ0n) is 16.3. The number of hydrazone groups is 1. The molecule has 1 aromatic carbocycles. The van der Waals surface area contributed by atoms with Crippen molar-refractivity contribution in [1.29, 1.82) is 0 Å². The van der Waals surface area contributed by atoms with E-state index in [1.165, 1.54) is 18.3 Å². The molecular formula is C19H19N6O5+. The topological polar surface area (TPSA) is 127 Å². The van der Waals surface area contributed by atoms with E-state index < -0.39 is 16.9 Å². The first kappa shape index (κ1) is 20.5. The van der Waals surface area contributed by atoms with Crippen molar-refractivity contribution in [2.45, 2.75) is 0 Å². The lowest BCUT2D eigenvalue weighted by Gasteiger charge is -2.02. The smallest absolute Gasteiger partial charge is 0.344 e. The second kappa shape index (κ2) is 8.82. The third kappa shape index (κ3) is 5.16. The molecule has 4 rings (SSSR count). The number of carbonyl (C=O) groups excluding carboxylic acids is 2. The fourth-order valence-electron chi connectivity index (χ4n) is 2.55. The zero-order chi connectivity index (χ0) is 21.7. The number of nitrogens with one attached hydrogen (secondary N) is 1. The van der Waals surface area contributed by atoms with Gasteiger partial charge in [-0.25, -0.2) is 18.9 Å². The van der Waals surface area contributed by atoms with Crippen molar-refractivity contribution in [3.05, 3.63) is 71.0 Å². The summed E-state index contributed by atoms with van der Waals surface area (Å²) in [4.78, 5) is 32.5. The molecule has 1 saturated heterocycles. The maximum absolute atomic E-state index is 11.3. The SMILES string of the molecule is Cn1cc[n+](C)c1.O=C1CN(N=Cc2ccc(-c3ccc([N+](=O)[O-])cc3)o2)C(=O)N1. The summed E-state index contributed by atoms with van der Waals surface area (Å²) < 4.78 is 9.53. The minimum absolute atomic E-state index is 0.00759. The molecule has 3 heterocycles. The number of non-ortho nitro benzene ring substituents is 1. The van der Waals surface area contributed by atoms with Gasteiger partial charge in [0.15, 0.2) is 0 Å². The summed E-state index contributed by atoms with van der Waals surface area (Å²) in [6.45, 7) is -0.134. The maximum Gasteiger partial charge on any atom is 0.344 e. The second-order valence-corrected chi connectivity index (χ2v) is 6.41. The maximum atomic E-state index is 11.3. The molecule has 2 aromatic heterocycles. The van der Waals surface area contributed by atoms with Crippen LogP contribution in [0.2, 0.25) is 0 Å². The van der Waals surface area contributed by atoms with Gasteiger partial charge in [-0.1, -0.05) is 0 Å². The van der Waals surface area contributed by atoms with Gasteiger partial charge in [0.2, 0.25) is 12.2 Å². The van der Waals surface area contributed by atoms with Crippen molar-refractivity contribution >= 4 is 23.8 Å². The van der Waals surface area contributed by atoms with E-state index in [0.29, 0.717) is 17.1 Å². The lowest BCUT2D eigenvalue weighted by atomic mass is 10.1.